The van der Waals surface area contributed by atoms with Crippen molar-refractivity contribution in [2.24, 2.45) is 0 Å². The van der Waals surface area contributed by atoms with E-state index in [0.29, 0.717) is 4.90 Å². The van der Waals surface area contributed by atoms with E-state index in [0.717, 1.165) is 5.25 Å². The molecule has 1 unspecified atom stereocenters. The van der Waals surface area contributed by atoms with Crippen molar-refractivity contribution in [2.45, 2.75) is 47.1 Å². The van der Waals surface area contributed by atoms with Crippen LogP contribution in [-0.4, -0.2) is 14.0 Å². The molecule has 0 radical (unpaired) electrons. The van der Waals surface area contributed by atoms with Crippen molar-refractivity contribution in [1.82, 2.24) is 0 Å². The molecule has 1 aromatic rings. The van der Waals surface area contributed by atoms with Crippen molar-refractivity contribution < 1.29 is 8.76 Å². The van der Waals surface area contributed by atoms with Crippen molar-refractivity contribution in [3.05, 3.63) is 24.3 Å². The third kappa shape index (κ3) is 3.34. The Hall–Kier alpha value is -0.320. The molecule has 0 spiro atoms. The van der Waals surface area contributed by atoms with E-state index in [4.69, 9.17) is 4.55 Å². The summed E-state index contributed by atoms with van der Waals surface area (Å²) < 4.78 is 19.7. The van der Waals surface area contributed by atoms with E-state index in [1.165, 1.54) is 37.0 Å². The first kappa shape index (κ1) is 12.1. The summed E-state index contributed by atoms with van der Waals surface area (Å²) in [7, 11) is 0. The number of hydrogen-bond acceptors (Lipinski definition) is 2. The summed E-state index contributed by atoms with van der Waals surface area (Å²) in [6.45, 7) is 0. The lowest BCUT2D eigenvalue weighted by atomic mass is 10.0. The molecule has 0 bridgehead atoms. The Balaban J connectivity index is 1.96. The molecule has 2 rings (SSSR count). The lowest BCUT2D eigenvalue weighted by molar-refractivity contribution is 0.516. The number of rotatable bonds is 3. The van der Waals surface area contributed by atoms with Crippen molar-refractivity contribution >= 4 is 22.8 Å². The summed E-state index contributed by atoms with van der Waals surface area (Å²) in [6, 6.07) is 7.37. The Morgan fingerprint density at radius 2 is 1.75 bits per heavy atom. The highest BCUT2D eigenvalue weighted by Gasteiger charge is 2.14. The third-order valence-corrected chi connectivity index (χ3v) is 4.90. The van der Waals surface area contributed by atoms with Crippen LogP contribution in [-0.2, 0) is 11.1 Å². The van der Waals surface area contributed by atoms with Gasteiger partial charge in [-0.25, -0.2) is 4.21 Å². The number of hydrogen-bond donors (Lipinski definition) is 1. The predicted octanol–water partition coefficient (Wildman–Crippen LogP) is 3.69. The Bertz CT molecular complexity index is 356. The largest absolute Gasteiger partial charge is 0.302 e. The maximum atomic E-state index is 10.8. The van der Waals surface area contributed by atoms with Gasteiger partial charge in [-0.15, -0.1) is 11.8 Å². The molecule has 1 fully saturated rings. The fourth-order valence-corrected chi connectivity index (χ4v) is 3.63. The van der Waals surface area contributed by atoms with E-state index < -0.39 is 11.1 Å². The zero-order chi connectivity index (χ0) is 11.4. The molecular weight excluding hydrogens is 240 g/mol. The average molecular weight is 256 g/mol. The van der Waals surface area contributed by atoms with Gasteiger partial charge in [-0.1, -0.05) is 19.3 Å². The van der Waals surface area contributed by atoms with Crippen LogP contribution in [0.25, 0.3) is 0 Å². The molecule has 1 N–H and O–H groups in total. The molecule has 0 amide bonds. The molecule has 1 aromatic carbocycles. The molecule has 1 atom stereocenters. The summed E-state index contributed by atoms with van der Waals surface area (Å²) in [5.74, 6) is 0. The van der Waals surface area contributed by atoms with Crippen molar-refractivity contribution in [1.29, 1.82) is 0 Å². The van der Waals surface area contributed by atoms with Crippen LogP contribution in [0.5, 0.6) is 0 Å². The lowest BCUT2D eigenvalue weighted by Crippen LogP contribution is -2.07. The second kappa shape index (κ2) is 5.84. The standard InChI is InChI=1S/C12H16O2S2/c13-16(14)12-8-6-11(7-9-12)15-10-4-2-1-3-5-10/h6-10H,1-5H2,(H,13,14). The van der Waals surface area contributed by atoms with Crippen LogP contribution in [0.1, 0.15) is 32.1 Å². The molecule has 88 valence electrons. The minimum atomic E-state index is -1.85. The Kier molecular flexibility index (Phi) is 4.44. The van der Waals surface area contributed by atoms with Crippen LogP contribution in [0, 0.1) is 0 Å². The molecule has 0 heterocycles. The minimum Gasteiger partial charge on any atom is -0.302 e. The second-order valence-electron chi connectivity index (χ2n) is 4.10. The zero-order valence-corrected chi connectivity index (χ0v) is 10.7. The van der Waals surface area contributed by atoms with E-state index in [1.54, 1.807) is 12.1 Å². The van der Waals surface area contributed by atoms with Gasteiger partial charge in [0.25, 0.3) is 0 Å². The summed E-state index contributed by atoms with van der Waals surface area (Å²) in [5, 5.41) is 0.735. The van der Waals surface area contributed by atoms with Gasteiger partial charge >= 0.3 is 0 Å². The van der Waals surface area contributed by atoms with Gasteiger partial charge in [0, 0.05) is 10.1 Å². The van der Waals surface area contributed by atoms with Crippen LogP contribution in [0.2, 0.25) is 0 Å². The molecule has 1 saturated carbocycles. The van der Waals surface area contributed by atoms with Crippen LogP contribution >= 0.6 is 11.8 Å². The van der Waals surface area contributed by atoms with Gasteiger partial charge in [0.2, 0.25) is 0 Å². The topological polar surface area (TPSA) is 37.3 Å². The Labute approximate surface area is 103 Å². The predicted molar refractivity (Wildman–Crippen MR) is 68.2 cm³/mol. The highest BCUT2D eigenvalue weighted by atomic mass is 32.2. The maximum Gasteiger partial charge on any atom is 0.186 e. The van der Waals surface area contributed by atoms with Gasteiger partial charge in [-0.2, -0.15) is 0 Å². The summed E-state index contributed by atoms with van der Waals surface area (Å²) in [5.41, 5.74) is 0. The van der Waals surface area contributed by atoms with Gasteiger partial charge in [-0.3, -0.25) is 0 Å². The monoisotopic (exact) mass is 256 g/mol. The maximum absolute atomic E-state index is 10.8. The minimum absolute atomic E-state index is 0.480. The van der Waals surface area contributed by atoms with E-state index in [1.807, 2.05) is 23.9 Å². The summed E-state index contributed by atoms with van der Waals surface area (Å²) >= 11 is 0.0512. The fourth-order valence-electron chi connectivity index (χ4n) is 2.01. The van der Waals surface area contributed by atoms with Crippen LogP contribution in [0.4, 0.5) is 0 Å². The second-order valence-corrected chi connectivity index (χ2v) is 6.44. The van der Waals surface area contributed by atoms with E-state index >= 15 is 0 Å². The molecule has 2 nitrogen and oxygen atoms in total. The molecule has 0 aromatic heterocycles. The smallest absolute Gasteiger partial charge is 0.186 e. The molecule has 1 aliphatic carbocycles. The lowest BCUT2D eigenvalue weighted by Gasteiger charge is -2.20. The van der Waals surface area contributed by atoms with E-state index in [2.05, 4.69) is 0 Å². The third-order valence-electron chi connectivity index (χ3n) is 2.88. The zero-order valence-electron chi connectivity index (χ0n) is 9.09. The van der Waals surface area contributed by atoms with E-state index in [9.17, 15) is 4.21 Å². The molecule has 4 heteroatoms. The van der Waals surface area contributed by atoms with Crippen LogP contribution in [0.3, 0.4) is 0 Å². The first-order valence-corrected chi connectivity index (χ1v) is 7.62. The molecule has 16 heavy (non-hydrogen) atoms. The Morgan fingerprint density at radius 3 is 2.31 bits per heavy atom. The average Bonchev–Trinajstić information content (AvgIpc) is 2.31. The van der Waals surface area contributed by atoms with Gasteiger partial charge in [0.1, 0.15) is 0 Å². The number of benzene rings is 1. The van der Waals surface area contributed by atoms with Crippen LogP contribution < -0.4 is 0 Å². The van der Waals surface area contributed by atoms with Gasteiger partial charge in [0.05, 0.1) is 4.90 Å². The first-order valence-electron chi connectivity index (χ1n) is 5.63. The molecule has 0 aliphatic heterocycles. The molecule has 0 saturated heterocycles. The van der Waals surface area contributed by atoms with Crippen molar-refractivity contribution in [2.75, 3.05) is 0 Å². The van der Waals surface area contributed by atoms with Crippen molar-refractivity contribution in [3.8, 4) is 0 Å². The van der Waals surface area contributed by atoms with Gasteiger partial charge < -0.3 is 4.55 Å². The van der Waals surface area contributed by atoms with Gasteiger partial charge in [-0.05, 0) is 37.1 Å². The quantitative estimate of drug-likeness (QED) is 0.838. The van der Waals surface area contributed by atoms with Gasteiger partial charge in [0.15, 0.2) is 11.1 Å². The summed E-state index contributed by atoms with van der Waals surface area (Å²) in [4.78, 5) is 1.69. The highest BCUT2D eigenvalue weighted by Crippen LogP contribution is 2.33. The molecular formula is C12H16O2S2. The Morgan fingerprint density at radius 1 is 1.12 bits per heavy atom. The van der Waals surface area contributed by atoms with Crippen LogP contribution in [0.15, 0.2) is 34.1 Å². The van der Waals surface area contributed by atoms with E-state index in [-0.39, 0.29) is 0 Å². The van der Waals surface area contributed by atoms with Crippen molar-refractivity contribution in [3.63, 3.8) is 0 Å². The SMILES string of the molecule is O=S(O)c1ccc(SC2CCCCC2)cc1. The molecule has 1 aliphatic rings. The number of thioether (sulfide) groups is 1. The summed E-state index contributed by atoms with van der Waals surface area (Å²) in [6.07, 6.45) is 6.67. The first-order chi connectivity index (χ1) is 7.75. The normalized spacial score (nSPS) is 19.6. The fraction of sp³-hybridized carbons (Fsp3) is 0.500. The highest BCUT2D eigenvalue weighted by molar-refractivity contribution is 8.00.